The first-order valence-corrected chi connectivity index (χ1v) is 5.38. The molecule has 5 nitrogen and oxygen atoms in total. The average Bonchev–Trinajstić information content (AvgIpc) is 2.04. The summed E-state index contributed by atoms with van der Waals surface area (Å²) in [4.78, 5) is 10.8. The standard InChI is InChI=1S/C7H14O5S.Na.H/c1-3-4-5-6-7(8)12-13(9,10)11-2;;/h3-6H2,1-2H3;;. The third-order valence-electron chi connectivity index (χ3n) is 1.38. The van der Waals surface area contributed by atoms with Crippen molar-refractivity contribution in [2.45, 2.75) is 32.6 Å². The molecule has 0 unspecified atom stereocenters. The molecule has 0 bridgehead atoms. The van der Waals surface area contributed by atoms with Crippen LogP contribution in [0.15, 0.2) is 0 Å². The second kappa shape index (κ2) is 8.67. The Balaban J connectivity index is 0. The summed E-state index contributed by atoms with van der Waals surface area (Å²) < 4.78 is 29.1. The average molecular weight is 234 g/mol. The van der Waals surface area contributed by atoms with Gasteiger partial charge in [-0.25, -0.2) is 4.18 Å². The predicted octanol–water partition coefficient (Wildman–Crippen LogP) is 0.353. The number of unbranched alkanes of at least 4 members (excludes halogenated alkanes) is 2. The van der Waals surface area contributed by atoms with Gasteiger partial charge in [0, 0.05) is 6.42 Å². The van der Waals surface area contributed by atoms with Crippen LogP contribution in [-0.4, -0.2) is 51.1 Å². The minimum atomic E-state index is -4.11. The van der Waals surface area contributed by atoms with E-state index in [0.29, 0.717) is 6.42 Å². The number of rotatable bonds is 6. The van der Waals surface area contributed by atoms with Crippen molar-refractivity contribution in [1.29, 1.82) is 0 Å². The van der Waals surface area contributed by atoms with Crippen molar-refractivity contribution in [1.82, 2.24) is 0 Å². The molecular weight excluding hydrogens is 219 g/mol. The molecule has 7 heteroatoms. The Hall–Kier alpha value is 0.380. The number of carbonyl (C=O) groups excluding carboxylic acids is 1. The molecule has 0 atom stereocenters. The van der Waals surface area contributed by atoms with Crippen LogP contribution in [0, 0.1) is 0 Å². The normalized spacial score (nSPS) is 10.4. The summed E-state index contributed by atoms with van der Waals surface area (Å²) in [5.74, 6) is -0.768. The predicted molar refractivity (Wildman–Crippen MR) is 53.3 cm³/mol. The van der Waals surface area contributed by atoms with E-state index in [1.54, 1.807) is 0 Å². The fourth-order valence-corrected chi connectivity index (χ4v) is 1.09. The molecule has 0 heterocycles. The summed E-state index contributed by atoms with van der Waals surface area (Å²) in [6.45, 7) is 1.98. The Morgan fingerprint density at radius 1 is 1.29 bits per heavy atom. The van der Waals surface area contributed by atoms with E-state index < -0.39 is 16.4 Å². The van der Waals surface area contributed by atoms with Crippen LogP contribution < -0.4 is 0 Å². The van der Waals surface area contributed by atoms with Gasteiger partial charge in [0.05, 0.1) is 7.11 Å². The fraction of sp³-hybridized carbons (Fsp3) is 0.857. The molecule has 0 spiro atoms. The maximum absolute atomic E-state index is 10.8. The van der Waals surface area contributed by atoms with Crippen LogP contribution in [0.2, 0.25) is 0 Å². The zero-order valence-electron chi connectivity index (χ0n) is 7.78. The van der Waals surface area contributed by atoms with E-state index in [2.05, 4.69) is 8.37 Å². The zero-order valence-corrected chi connectivity index (χ0v) is 8.59. The van der Waals surface area contributed by atoms with Gasteiger partial charge in [0.15, 0.2) is 0 Å². The van der Waals surface area contributed by atoms with Gasteiger partial charge < -0.3 is 4.18 Å². The van der Waals surface area contributed by atoms with Crippen LogP contribution in [0.25, 0.3) is 0 Å². The van der Waals surface area contributed by atoms with Crippen molar-refractivity contribution in [3.8, 4) is 0 Å². The summed E-state index contributed by atoms with van der Waals surface area (Å²) >= 11 is 0. The van der Waals surface area contributed by atoms with Crippen LogP contribution >= 0.6 is 0 Å². The van der Waals surface area contributed by atoms with Gasteiger partial charge in [-0.15, -0.1) is 0 Å². The molecule has 0 fully saturated rings. The maximum atomic E-state index is 10.8. The zero-order chi connectivity index (χ0) is 10.3. The van der Waals surface area contributed by atoms with E-state index in [4.69, 9.17) is 0 Å². The van der Waals surface area contributed by atoms with Crippen LogP contribution in [0.3, 0.4) is 0 Å². The number of hydrogen-bond acceptors (Lipinski definition) is 5. The van der Waals surface area contributed by atoms with E-state index in [1.807, 2.05) is 6.92 Å². The molecule has 0 radical (unpaired) electrons. The van der Waals surface area contributed by atoms with Gasteiger partial charge in [-0.1, -0.05) is 19.8 Å². The van der Waals surface area contributed by atoms with Crippen molar-refractivity contribution >= 4 is 45.9 Å². The summed E-state index contributed by atoms with van der Waals surface area (Å²) in [6.07, 6.45) is 2.58. The third kappa shape index (κ3) is 8.96. The first-order valence-electron chi connectivity index (χ1n) is 4.04. The van der Waals surface area contributed by atoms with E-state index in [9.17, 15) is 13.2 Å². The van der Waals surface area contributed by atoms with Crippen molar-refractivity contribution in [2.75, 3.05) is 7.11 Å². The van der Waals surface area contributed by atoms with Crippen LogP contribution in [0.4, 0.5) is 0 Å². The SMILES string of the molecule is CCCCCC(=O)OS(=O)(=O)OC.[NaH]. The Morgan fingerprint density at radius 3 is 2.29 bits per heavy atom. The van der Waals surface area contributed by atoms with E-state index in [1.165, 1.54) is 0 Å². The van der Waals surface area contributed by atoms with Crippen molar-refractivity contribution < 1.29 is 21.6 Å². The molecule has 0 aromatic rings. The van der Waals surface area contributed by atoms with Gasteiger partial charge in [0.25, 0.3) is 0 Å². The molecule has 0 aliphatic rings. The molecule has 14 heavy (non-hydrogen) atoms. The van der Waals surface area contributed by atoms with E-state index >= 15 is 0 Å². The van der Waals surface area contributed by atoms with Gasteiger partial charge in [-0.05, 0) is 6.42 Å². The Kier molecular flexibility index (Phi) is 10.4. The first-order chi connectivity index (χ1) is 6.02. The van der Waals surface area contributed by atoms with Gasteiger partial charge >= 0.3 is 45.9 Å². The van der Waals surface area contributed by atoms with Crippen molar-refractivity contribution in [3.63, 3.8) is 0 Å². The van der Waals surface area contributed by atoms with Crippen molar-refractivity contribution in [3.05, 3.63) is 0 Å². The van der Waals surface area contributed by atoms with Crippen LogP contribution in [-0.2, 0) is 23.6 Å². The monoisotopic (exact) mass is 234 g/mol. The van der Waals surface area contributed by atoms with E-state index in [0.717, 1.165) is 20.0 Å². The summed E-state index contributed by atoms with van der Waals surface area (Å²) in [5.41, 5.74) is 0. The molecule has 80 valence electrons. The van der Waals surface area contributed by atoms with Gasteiger partial charge in [0.2, 0.25) is 0 Å². The summed E-state index contributed by atoms with van der Waals surface area (Å²) in [6, 6.07) is 0. The molecule has 0 saturated carbocycles. The Labute approximate surface area is 107 Å². The molecule has 0 aliphatic heterocycles. The molecule has 0 N–H and O–H groups in total. The molecule has 0 aliphatic carbocycles. The molecule has 0 saturated heterocycles. The molecule has 0 aromatic heterocycles. The topological polar surface area (TPSA) is 69.7 Å². The van der Waals surface area contributed by atoms with Gasteiger partial charge in [-0.3, -0.25) is 4.79 Å². The Morgan fingerprint density at radius 2 is 1.86 bits per heavy atom. The second-order valence-corrected chi connectivity index (χ2v) is 3.80. The minimum absolute atomic E-state index is 0. The third-order valence-corrected chi connectivity index (χ3v) is 2.18. The number of carbonyl (C=O) groups is 1. The van der Waals surface area contributed by atoms with Crippen LogP contribution in [0.1, 0.15) is 32.6 Å². The van der Waals surface area contributed by atoms with Gasteiger partial charge in [-0.2, -0.15) is 8.42 Å². The fourth-order valence-electron chi connectivity index (χ4n) is 0.709. The molecule has 0 amide bonds. The van der Waals surface area contributed by atoms with E-state index in [-0.39, 0.29) is 36.0 Å². The second-order valence-electron chi connectivity index (χ2n) is 2.49. The molecule has 0 aromatic carbocycles. The molecule has 0 rings (SSSR count). The van der Waals surface area contributed by atoms with Gasteiger partial charge in [0.1, 0.15) is 0 Å². The molecular formula is C7H15NaO5S. The quantitative estimate of drug-likeness (QED) is 0.490. The van der Waals surface area contributed by atoms with Crippen LogP contribution in [0.5, 0.6) is 0 Å². The summed E-state index contributed by atoms with van der Waals surface area (Å²) in [5, 5.41) is 0. The number of hydrogen-bond donors (Lipinski definition) is 0. The first kappa shape index (κ1) is 16.8. The van der Waals surface area contributed by atoms with Crippen molar-refractivity contribution in [2.24, 2.45) is 0 Å². The Bertz CT molecular complexity index is 249. The summed E-state index contributed by atoms with van der Waals surface area (Å²) in [7, 11) is -3.17.